The number of hydrogen-bond donors (Lipinski definition) is 2. The second kappa shape index (κ2) is 6.66. The molecule has 1 fully saturated rings. The van der Waals surface area contributed by atoms with Crippen LogP contribution in [0.2, 0.25) is 0 Å². The third-order valence-electron chi connectivity index (χ3n) is 4.09. The fourth-order valence-electron chi connectivity index (χ4n) is 2.47. The second-order valence-electron chi connectivity index (χ2n) is 5.89. The first-order valence-electron chi connectivity index (χ1n) is 7.85. The largest absolute Gasteiger partial charge is 0.364 e. The minimum atomic E-state index is -0.616. The fourth-order valence-corrected chi connectivity index (χ4v) is 2.47. The number of nitrogens with one attached hydrogen (secondary N) is 1. The molecule has 1 aromatic carbocycles. The van der Waals surface area contributed by atoms with Gasteiger partial charge in [-0.2, -0.15) is 0 Å². The van der Waals surface area contributed by atoms with Gasteiger partial charge in [0.15, 0.2) is 5.69 Å². The van der Waals surface area contributed by atoms with E-state index in [1.165, 1.54) is 22.9 Å². The van der Waals surface area contributed by atoms with Gasteiger partial charge in [-0.3, -0.25) is 9.59 Å². The number of hydrogen-bond acceptors (Lipinski definition) is 4. The van der Waals surface area contributed by atoms with E-state index in [0.717, 1.165) is 24.1 Å². The van der Waals surface area contributed by atoms with Gasteiger partial charge >= 0.3 is 0 Å². The predicted octanol–water partition coefficient (Wildman–Crippen LogP) is 1.65. The molecule has 1 aliphatic carbocycles. The Morgan fingerprint density at radius 2 is 2.00 bits per heavy atom. The van der Waals surface area contributed by atoms with Crippen molar-refractivity contribution in [1.82, 2.24) is 20.3 Å². The van der Waals surface area contributed by atoms with E-state index >= 15 is 0 Å². The van der Waals surface area contributed by atoms with Gasteiger partial charge in [-0.25, -0.2) is 4.68 Å². The lowest BCUT2D eigenvalue weighted by Crippen LogP contribution is -2.25. The van der Waals surface area contributed by atoms with E-state index in [4.69, 9.17) is 5.73 Å². The first-order chi connectivity index (χ1) is 11.5. The molecule has 0 spiro atoms. The van der Waals surface area contributed by atoms with E-state index in [2.05, 4.69) is 15.6 Å². The van der Waals surface area contributed by atoms with Crippen molar-refractivity contribution in [3.8, 4) is 5.69 Å². The van der Waals surface area contributed by atoms with Crippen molar-refractivity contribution in [3.63, 3.8) is 0 Å². The van der Waals surface area contributed by atoms with E-state index in [1.54, 1.807) is 6.08 Å². The van der Waals surface area contributed by atoms with Gasteiger partial charge in [0.1, 0.15) is 0 Å². The molecule has 2 amide bonds. The molecule has 1 saturated carbocycles. The Morgan fingerprint density at radius 3 is 2.54 bits per heavy atom. The van der Waals surface area contributed by atoms with Crippen molar-refractivity contribution in [1.29, 1.82) is 0 Å². The molecule has 7 nitrogen and oxygen atoms in total. The maximum Gasteiger partial charge on any atom is 0.270 e. The van der Waals surface area contributed by atoms with Crippen LogP contribution in [0.5, 0.6) is 0 Å². The molecular weight excluding hydrogens is 306 g/mol. The van der Waals surface area contributed by atoms with Gasteiger partial charge in [-0.15, -0.1) is 5.10 Å². The summed E-state index contributed by atoms with van der Waals surface area (Å²) in [6.07, 6.45) is 6.42. The number of nitrogens with two attached hydrogens (primary N) is 1. The standard InChI is InChI=1S/C17H19N5O2/c1-11(19-16(23)9-12-3-2-4-12)13-5-7-14(8-6-13)22-10-15(17(18)24)20-21-22/h5-11H,2-4H2,1H3,(H2,18,24)(H,19,23). The molecule has 1 atom stereocenters. The number of carbonyl (C=O) groups excluding carboxylic acids is 2. The molecule has 2 aromatic rings. The van der Waals surface area contributed by atoms with E-state index in [0.29, 0.717) is 0 Å². The molecule has 0 radical (unpaired) electrons. The maximum atomic E-state index is 11.9. The molecule has 0 saturated heterocycles. The van der Waals surface area contributed by atoms with E-state index in [-0.39, 0.29) is 17.6 Å². The summed E-state index contributed by atoms with van der Waals surface area (Å²) < 4.78 is 1.48. The molecule has 3 N–H and O–H groups in total. The summed E-state index contributed by atoms with van der Waals surface area (Å²) >= 11 is 0. The van der Waals surface area contributed by atoms with Crippen LogP contribution in [0.25, 0.3) is 5.69 Å². The fraction of sp³-hybridized carbons (Fsp3) is 0.294. The lowest BCUT2D eigenvalue weighted by Gasteiger charge is -2.17. The summed E-state index contributed by atoms with van der Waals surface area (Å²) in [5.74, 6) is -0.668. The van der Waals surface area contributed by atoms with Crippen LogP contribution in [0.3, 0.4) is 0 Å². The van der Waals surface area contributed by atoms with E-state index in [9.17, 15) is 9.59 Å². The first-order valence-corrected chi connectivity index (χ1v) is 7.85. The highest BCUT2D eigenvalue weighted by Gasteiger charge is 2.13. The zero-order valence-corrected chi connectivity index (χ0v) is 13.4. The van der Waals surface area contributed by atoms with Crippen molar-refractivity contribution in [3.05, 3.63) is 53.4 Å². The number of nitrogens with zero attached hydrogens (tertiary/aromatic N) is 3. The molecule has 1 aliphatic rings. The lowest BCUT2D eigenvalue weighted by atomic mass is 9.92. The van der Waals surface area contributed by atoms with Crippen molar-refractivity contribution in [2.24, 2.45) is 5.73 Å². The Morgan fingerprint density at radius 1 is 1.29 bits per heavy atom. The number of amides is 2. The third-order valence-corrected chi connectivity index (χ3v) is 4.09. The summed E-state index contributed by atoms with van der Waals surface area (Å²) in [5, 5.41) is 10.5. The Labute approximate surface area is 139 Å². The number of rotatable bonds is 5. The highest BCUT2D eigenvalue weighted by Crippen LogP contribution is 2.25. The van der Waals surface area contributed by atoms with Gasteiger partial charge < -0.3 is 11.1 Å². The average Bonchev–Trinajstić information content (AvgIpc) is 3.01. The van der Waals surface area contributed by atoms with Gasteiger partial charge in [-0.05, 0) is 43.9 Å². The van der Waals surface area contributed by atoms with Crippen molar-refractivity contribution < 1.29 is 9.59 Å². The SMILES string of the molecule is CC(NC(=O)C=C1CCC1)c1ccc(-n2cc(C(N)=O)nn2)cc1. The topological polar surface area (TPSA) is 103 Å². The Kier molecular flexibility index (Phi) is 4.41. The van der Waals surface area contributed by atoms with Crippen LogP contribution in [0.4, 0.5) is 0 Å². The van der Waals surface area contributed by atoms with Gasteiger partial charge in [0.05, 0.1) is 17.9 Å². The number of aromatic nitrogens is 3. The Bertz CT molecular complexity index is 786. The normalized spacial score (nSPS) is 14.6. The van der Waals surface area contributed by atoms with Crippen LogP contribution in [0.15, 0.2) is 42.1 Å². The minimum Gasteiger partial charge on any atom is -0.364 e. The molecule has 124 valence electrons. The summed E-state index contributed by atoms with van der Waals surface area (Å²) in [7, 11) is 0. The second-order valence-corrected chi connectivity index (χ2v) is 5.89. The number of primary amides is 1. The van der Waals surface area contributed by atoms with Gasteiger partial charge in [-0.1, -0.05) is 22.9 Å². The highest BCUT2D eigenvalue weighted by atomic mass is 16.2. The molecule has 0 bridgehead atoms. The minimum absolute atomic E-state index is 0.0522. The first kappa shape index (κ1) is 15.9. The van der Waals surface area contributed by atoms with Crippen LogP contribution in [0, 0.1) is 0 Å². The van der Waals surface area contributed by atoms with Crippen LogP contribution in [-0.2, 0) is 4.79 Å². The van der Waals surface area contributed by atoms with Gasteiger partial charge in [0, 0.05) is 6.08 Å². The van der Waals surface area contributed by atoms with Crippen LogP contribution in [-0.4, -0.2) is 26.8 Å². The molecular formula is C17H19N5O2. The summed E-state index contributed by atoms with van der Waals surface area (Å²) in [6.45, 7) is 1.94. The number of benzene rings is 1. The average molecular weight is 325 g/mol. The Hall–Kier alpha value is -2.96. The smallest absolute Gasteiger partial charge is 0.270 e. The summed E-state index contributed by atoms with van der Waals surface area (Å²) in [5.41, 5.74) is 8.23. The number of carbonyl (C=O) groups is 2. The lowest BCUT2D eigenvalue weighted by molar-refractivity contribution is -0.117. The van der Waals surface area contributed by atoms with Crippen molar-refractivity contribution >= 4 is 11.8 Å². The third kappa shape index (κ3) is 3.51. The van der Waals surface area contributed by atoms with E-state index in [1.807, 2.05) is 31.2 Å². The van der Waals surface area contributed by atoms with Crippen molar-refractivity contribution in [2.45, 2.75) is 32.2 Å². The van der Waals surface area contributed by atoms with Crippen LogP contribution in [0.1, 0.15) is 48.3 Å². The zero-order chi connectivity index (χ0) is 17.1. The number of allylic oxidation sites excluding steroid dienone is 1. The Balaban J connectivity index is 1.66. The highest BCUT2D eigenvalue weighted by molar-refractivity contribution is 5.90. The van der Waals surface area contributed by atoms with E-state index < -0.39 is 5.91 Å². The summed E-state index contributed by atoms with van der Waals surface area (Å²) in [4.78, 5) is 23.0. The van der Waals surface area contributed by atoms with Crippen LogP contribution < -0.4 is 11.1 Å². The van der Waals surface area contributed by atoms with Crippen molar-refractivity contribution in [2.75, 3.05) is 0 Å². The van der Waals surface area contributed by atoms with Gasteiger partial charge in [0.2, 0.25) is 5.91 Å². The molecule has 1 heterocycles. The molecule has 7 heteroatoms. The zero-order valence-electron chi connectivity index (χ0n) is 13.4. The summed E-state index contributed by atoms with van der Waals surface area (Å²) in [6, 6.07) is 7.41. The van der Waals surface area contributed by atoms with Gasteiger partial charge in [0.25, 0.3) is 5.91 Å². The van der Waals surface area contributed by atoms with Crippen LogP contribution >= 0.6 is 0 Å². The molecule has 1 aromatic heterocycles. The molecule has 3 rings (SSSR count). The molecule has 24 heavy (non-hydrogen) atoms. The predicted molar refractivity (Wildman–Crippen MR) is 88.4 cm³/mol. The maximum absolute atomic E-state index is 11.9. The molecule has 0 aliphatic heterocycles. The monoisotopic (exact) mass is 325 g/mol. The molecule has 1 unspecified atom stereocenters. The quantitative estimate of drug-likeness (QED) is 0.816.